The highest BCUT2D eigenvalue weighted by Crippen LogP contribution is 2.63. The molecular formula is C13H25N2OPS3. The van der Waals surface area contributed by atoms with Crippen LogP contribution in [0.4, 0.5) is 0 Å². The maximum absolute atomic E-state index is 5.44. The highest BCUT2D eigenvalue weighted by molar-refractivity contribution is 8.14. The van der Waals surface area contributed by atoms with Gasteiger partial charge in [-0.1, -0.05) is 32.1 Å². The van der Waals surface area contributed by atoms with Gasteiger partial charge in [-0.15, -0.1) is 25.3 Å². The molecule has 2 fully saturated rings. The molecule has 0 N–H and O–H groups in total. The minimum absolute atomic E-state index is 0.437. The number of thiol groups is 3. The summed E-state index contributed by atoms with van der Waals surface area (Å²) in [6, 6.07) is 0.686. The topological polar surface area (TPSA) is 24.8 Å². The van der Waals surface area contributed by atoms with Crippen LogP contribution < -0.4 is 0 Å². The van der Waals surface area contributed by atoms with E-state index in [1.165, 1.54) is 32.1 Å². The van der Waals surface area contributed by atoms with Crippen molar-refractivity contribution < 1.29 is 4.74 Å². The number of aliphatic imine (C=N–C) groups is 1. The van der Waals surface area contributed by atoms with E-state index in [9.17, 15) is 0 Å². The van der Waals surface area contributed by atoms with E-state index in [0.29, 0.717) is 6.04 Å². The summed E-state index contributed by atoms with van der Waals surface area (Å²) in [4.78, 5) is 4.50. The van der Waals surface area contributed by atoms with E-state index in [1.807, 2.05) is 0 Å². The van der Waals surface area contributed by atoms with Crippen molar-refractivity contribution in [2.45, 2.75) is 55.0 Å². The number of hydrogen-bond donors (Lipinski definition) is 3. The molecule has 2 aliphatic rings. The van der Waals surface area contributed by atoms with Gasteiger partial charge in [-0.3, -0.25) is 9.30 Å². The Hall–Kier alpha value is 0.910. The van der Waals surface area contributed by atoms with Crippen LogP contribution in [0.15, 0.2) is 4.99 Å². The number of nitrogens with zero attached hydrogens (tertiary/aromatic N) is 2. The quantitative estimate of drug-likeness (QED) is 0.289. The van der Waals surface area contributed by atoms with Gasteiger partial charge in [0.2, 0.25) is 9.65 Å². The standard InChI is InChI=1S/C13H25N2OPS3/c1-17-12(16-13(17,18)19)14-9-5-6-10-15(20)11-7-3-2-4-8-11/h11,18-20H,2-10H2,1H3. The Morgan fingerprint density at radius 3 is 2.60 bits per heavy atom. The van der Waals surface area contributed by atoms with Gasteiger partial charge in [0.15, 0.2) is 0 Å². The first-order chi connectivity index (χ1) is 9.50. The Bertz CT molecular complexity index is 349. The van der Waals surface area contributed by atoms with Crippen LogP contribution >= 0.6 is 46.0 Å². The van der Waals surface area contributed by atoms with E-state index in [2.05, 4.69) is 54.0 Å². The summed E-state index contributed by atoms with van der Waals surface area (Å²) in [7, 11) is -0.437. The summed E-state index contributed by atoms with van der Waals surface area (Å²) < 4.78 is 7.13. The van der Waals surface area contributed by atoms with Crippen molar-refractivity contribution in [1.29, 1.82) is 0 Å². The average Bonchev–Trinajstić information content (AvgIpc) is 2.46. The van der Waals surface area contributed by atoms with Crippen LogP contribution in [0.2, 0.25) is 0 Å². The smallest absolute Gasteiger partial charge is 0.224 e. The monoisotopic (exact) mass is 352 g/mol. The summed E-state index contributed by atoms with van der Waals surface area (Å²) >= 11 is 13.3. The second kappa shape index (κ2) is 7.96. The van der Waals surface area contributed by atoms with Crippen molar-refractivity contribution in [1.82, 2.24) is 4.31 Å². The fraction of sp³-hybridized carbons (Fsp3) is 0.923. The second-order valence-corrected chi connectivity index (χ2v) is 10.5. The van der Waals surface area contributed by atoms with Crippen molar-refractivity contribution in [3.05, 3.63) is 0 Å². The SMILES string of the molecule is CP1C(=NCCCCN(S)C2CCCCC2)OC1(S)S. The lowest BCUT2D eigenvalue weighted by atomic mass is 9.95. The van der Waals surface area contributed by atoms with E-state index in [-0.39, 0.29) is 0 Å². The van der Waals surface area contributed by atoms with Crippen LogP contribution in [0.5, 0.6) is 0 Å². The van der Waals surface area contributed by atoms with Crippen molar-refractivity contribution in [2.24, 2.45) is 4.99 Å². The van der Waals surface area contributed by atoms with Gasteiger partial charge in [0.25, 0.3) is 0 Å². The molecule has 0 aromatic carbocycles. The van der Waals surface area contributed by atoms with Crippen LogP contribution in [0.1, 0.15) is 44.9 Å². The molecule has 1 saturated carbocycles. The Kier molecular flexibility index (Phi) is 6.87. The van der Waals surface area contributed by atoms with Crippen LogP contribution in [-0.2, 0) is 4.74 Å². The Balaban J connectivity index is 1.57. The molecule has 1 unspecified atom stereocenters. The highest BCUT2D eigenvalue weighted by atomic mass is 32.2. The predicted octanol–water partition coefficient (Wildman–Crippen LogP) is 4.21. The Morgan fingerprint density at radius 1 is 1.30 bits per heavy atom. The van der Waals surface area contributed by atoms with E-state index < -0.39 is 11.9 Å². The minimum atomic E-state index is -0.558. The predicted molar refractivity (Wildman–Crippen MR) is 98.7 cm³/mol. The largest absolute Gasteiger partial charge is 0.447 e. The summed E-state index contributed by atoms with van der Waals surface area (Å²) in [5.74, 6) is 0. The normalized spacial score (nSPS) is 28.4. The minimum Gasteiger partial charge on any atom is -0.447 e. The lowest BCUT2D eigenvalue weighted by Gasteiger charge is -2.41. The molecular weight excluding hydrogens is 327 g/mol. The molecule has 1 aliphatic carbocycles. The van der Waals surface area contributed by atoms with Gasteiger partial charge >= 0.3 is 0 Å². The zero-order valence-corrected chi connectivity index (χ0v) is 15.6. The molecule has 116 valence electrons. The molecule has 20 heavy (non-hydrogen) atoms. The first-order valence-electron chi connectivity index (χ1n) is 7.38. The third kappa shape index (κ3) is 4.70. The number of hydrogen-bond acceptors (Lipinski definition) is 6. The van der Waals surface area contributed by atoms with E-state index in [0.717, 1.165) is 31.6 Å². The van der Waals surface area contributed by atoms with Crippen LogP contribution in [0.25, 0.3) is 0 Å². The maximum Gasteiger partial charge on any atom is 0.224 e. The van der Waals surface area contributed by atoms with Crippen molar-refractivity contribution in [3.63, 3.8) is 0 Å². The van der Waals surface area contributed by atoms with Gasteiger partial charge in [-0.05, 0) is 32.3 Å². The van der Waals surface area contributed by atoms with Crippen LogP contribution in [0, 0.1) is 0 Å². The van der Waals surface area contributed by atoms with E-state index in [1.54, 1.807) is 0 Å². The van der Waals surface area contributed by atoms with Gasteiger partial charge in [-0.2, -0.15) is 0 Å². The summed E-state index contributed by atoms with van der Waals surface area (Å²) in [5, 5.41) is 0. The average molecular weight is 353 g/mol. The highest BCUT2D eigenvalue weighted by Gasteiger charge is 2.46. The molecule has 1 atom stereocenters. The van der Waals surface area contributed by atoms with Crippen LogP contribution in [0.3, 0.4) is 0 Å². The molecule has 0 aromatic rings. The van der Waals surface area contributed by atoms with E-state index in [4.69, 9.17) is 4.74 Å². The fourth-order valence-electron chi connectivity index (χ4n) is 2.61. The number of unbranched alkanes of at least 4 members (excludes halogenated alkanes) is 1. The number of ether oxygens (including phenoxy) is 1. The van der Waals surface area contributed by atoms with Gasteiger partial charge in [0.1, 0.15) is 0 Å². The van der Waals surface area contributed by atoms with Gasteiger partial charge in [0.05, 0.1) is 7.92 Å². The van der Waals surface area contributed by atoms with Gasteiger partial charge in [0, 0.05) is 19.1 Å². The summed E-state index contributed by atoms with van der Waals surface area (Å²) in [6.45, 7) is 4.01. The van der Waals surface area contributed by atoms with Crippen molar-refractivity contribution in [2.75, 3.05) is 19.8 Å². The van der Waals surface area contributed by atoms with Crippen molar-refractivity contribution >= 4 is 51.6 Å². The maximum atomic E-state index is 5.44. The zero-order chi connectivity index (χ0) is 14.6. The summed E-state index contributed by atoms with van der Waals surface area (Å²) in [6.07, 6.45) is 8.98. The Labute approximate surface area is 140 Å². The van der Waals surface area contributed by atoms with Gasteiger partial charge < -0.3 is 4.74 Å². The first-order valence-corrected chi connectivity index (χ1v) is 10.5. The molecule has 0 radical (unpaired) electrons. The summed E-state index contributed by atoms with van der Waals surface area (Å²) in [5.41, 5.74) is 0.861. The van der Waals surface area contributed by atoms with Crippen molar-refractivity contribution in [3.8, 4) is 0 Å². The zero-order valence-electron chi connectivity index (χ0n) is 12.0. The fourth-order valence-corrected chi connectivity index (χ4v) is 4.74. The third-order valence-electron chi connectivity index (χ3n) is 3.99. The molecule has 0 bridgehead atoms. The molecule has 7 heteroatoms. The molecule has 3 nitrogen and oxygen atoms in total. The third-order valence-corrected chi connectivity index (χ3v) is 8.27. The molecule has 1 saturated heterocycles. The Morgan fingerprint density at radius 2 is 2.00 bits per heavy atom. The lowest BCUT2D eigenvalue weighted by molar-refractivity contribution is 0.272. The van der Waals surface area contributed by atoms with E-state index >= 15 is 0 Å². The molecule has 0 spiro atoms. The molecule has 1 heterocycles. The number of rotatable bonds is 6. The molecule has 2 rings (SSSR count). The molecule has 0 aromatic heterocycles. The second-order valence-electron chi connectivity index (χ2n) is 5.56. The molecule has 1 aliphatic heterocycles. The lowest BCUT2D eigenvalue weighted by Crippen LogP contribution is -2.34. The first kappa shape index (κ1) is 17.3. The van der Waals surface area contributed by atoms with Gasteiger partial charge in [-0.25, -0.2) is 0 Å². The molecule has 0 amide bonds. The van der Waals surface area contributed by atoms with Crippen LogP contribution in [-0.4, -0.2) is 39.7 Å².